The van der Waals surface area contributed by atoms with Crippen molar-refractivity contribution in [1.82, 2.24) is 5.43 Å². The normalized spacial score (nSPS) is 11.0. The van der Waals surface area contributed by atoms with Crippen molar-refractivity contribution in [3.63, 3.8) is 0 Å². The number of nitrogens with zero attached hydrogens (tertiary/aromatic N) is 1. The zero-order valence-electron chi connectivity index (χ0n) is 19.5. The van der Waals surface area contributed by atoms with E-state index in [2.05, 4.69) is 10.5 Å². The number of rotatable bonds is 6. The summed E-state index contributed by atoms with van der Waals surface area (Å²) in [6, 6.07) is 31.5. The maximum absolute atomic E-state index is 13.0. The number of carbonyl (C=O) groups excluding carboxylic acids is 2. The van der Waals surface area contributed by atoms with Crippen molar-refractivity contribution in [3.05, 3.63) is 120 Å². The standard InChI is InChI=1S/C30H22N2O4/c1-35-27-16-13-20(19-31-32-29(33)24-15-14-21-7-2-3-9-23(21)18-24)17-28(27)36-30(34)26-12-6-10-22-8-4-5-11-25(22)26/h2-19H,1H3,(H,32,33)/b31-19-. The van der Waals surface area contributed by atoms with Gasteiger partial charge >= 0.3 is 5.97 Å². The molecule has 0 bridgehead atoms. The number of carbonyl (C=O) groups is 2. The molecule has 0 heterocycles. The van der Waals surface area contributed by atoms with E-state index in [4.69, 9.17) is 9.47 Å². The van der Waals surface area contributed by atoms with Crippen LogP contribution >= 0.6 is 0 Å². The summed E-state index contributed by atoms with van der Waals surface area (Å²) in [5.41, 5.74) is 4.12. The first kappa shape index (κ1) is 22.8. The number of methoxy groups -OCH3 is 1. The smallest absolute Gasteiger partial charge is 0.344 e. The first-order valence-electron chi connectivity index (χ1n) is 11.3. The van der Waals surface area contributed by atoms with Crippen LogP contribution in [0.15, 0.2) is 108 Å². The fourth-order valence-corrected chi connectivity index (χ4v) is 3.97. The summed E-state index contributed by atoms with van der Waals surface area (Å²) in [6.07, 6.45) is 1.48. The maximum atomic E-state index is 13.0. The van der Waals surface area contributed by atoms with Gasteiger partial charge in [0.25, 0.3) is 5.91 Å². The molecule has 36 heavy (non-hydrogen) atoms. The third-order valence-corrected chi connectivity index (χ3v) is 5.79. The molecule has 0 saturated heterocycles. The van der Waals surface area contributed by atoms with Gasteiger partial charge in [0.05, 0.1) is 18.9 Å². The van der Waals surface area contributed by atoms with Gasteiger partial charge in [0.15, 0.2) is 11.5 Å². The van der Waals surface area contributed by atoms with E-state index in [1.54, 1.807) is 30.3 Å². The molecule has 6 heteroatoms. The quantitative estimate of drug-likeness (QED) is 0.142. The van der Waals surface area contributed by atoms with Gasteiger partial charge in [-0.3, -0.25) is 4.79 Å². The number of nitrogens with one attached hydrogen (secondary N) is 1. The van der Waals surface area contributed by atoms with Crippen LogP contribution in [-0.4, -0.2) is 25.2 Å². The minimum absolute atomic E-state index is 0.250. The molecule has 5 aromatic carbocycles. The predicted octanol–water partition coefficient (Wildman–Crippen LogP) is 5.98. The lowest BCUT2D eigenvalue weighted by atomic mass is 10.0. The second kappa shape index (κ2) is 10.1. The van der Waals surface area contributed by atoms with E-state index in [0.717, 1.165) is 21.5 Å². The largest absolute Gasteiger partial charge is 0.493 e. The summed E-state index contributed by atoms with van der Waals surface area (Å²) >= 11 is 0. The Balaban J connectivity index is 1.32. The van der Waals surface area contributed by atoms with Crippen molar-refractivity contribution in [2.45, 2.75) is 0 Å². The van der Waals surface area contributed by atoms with Crippen LogP contribution in [0.3, 0.4) is 0 Å². The summed E-state index contributed by atoms with van der Waals surface area (Å²) in [5, 5.41) is 7.85. The SMILES string of the molecule is COc1ccc(/C=N\NC(=O)c2ccc3ccccc3c2)cc1OC(=O)c1cccc2ccccc12. The van der Waals surface area contributed by atoms with Crippen LogP contribution < -0.4 is 14.9 Å². The van der Waals surface area contributed by atoms with E-state index >= 15 is 0 Å². The van der Waals surface area contributed by atoms with Crippen LogP contribution in [0.1, 0.15) is 26.3 Å². The van der Waals surface area contributed by atoms with Crippen LogP contribution in [0.2, 0.25) is 0 Å². The van der Waals surface area contributed by atoms with Crippen molar-refractivity contribution < 1.29 is 19.1 Å². The number of hydrazone groups is 1. The second-order valence-corrected chi connectivity index (χ2v) is 8.09. The topological polar surface area (TPSA) is 77.0 Å². The molecule has 0 aliphatic rings. The molecule has 0 atom stereocenters. The summed E-state index contributed by atoms with van der Waals surface area (Å²) in [5.74, 6) is -0.168. The van der Waals surface area contributed by atoms with E-state index in [-0.39, 0.29) is 11.7 Å². The molecule has 5 aromatic rings. The number of benzene rings is 5. The number of esters is 1. The van der Waals surface area contributed by atoms with Gasteiger partial charge in [-0.15, -0.1) is 0 Å². The molecule has 0 aliphatic carbocycles. The lowest BCUT2D eigenvalue weighted by Gasteiger charge is -2.11. The molecule has 0 aromatic heterocycles. The Morgan fingerprint density at radius 1 is 0.750 bits per heavy atom. The van der Waals surface area contributed by atoms with E-state index < -0.39 is 5.97 Å². The minimum atomic E-state index is -0.496. The Labute approximate surface area is 207 Å². The van der Waals surface area contributed by atoms with Crippen LogP contribution in [-0.2, 0) is 0 Å². The van der Waals surface area contributed by atoms with Crippen LogP contribution in [0.25, 0.3) is 21.5 Å². The lowest BCUT2D eigenvalue weighted by Crippen LogP contribution is -2.17. The number of ether oxygens (including phenoxy) is 2. The number of hydrogen-bond donors (Lipinski definition) is 1. The van der Waals surface area contributed by atoms with E-state index in [9.17, 15) is 9.59 Å². The fraction of sp³-hybridized carbons (Fsp3) is 0.0333. The molecule has 0 aliphatic heterocycles. The van der Waals surface area contributed by atoms with Crippen molar-refractivity contribution in [2.24, 2.45) is 5.10 Å². The van der Waals surface area contributed by atoms with Gasteiger partial charge in [-0.05, 0) is 63.5 Å². The van der Waals surface area contributed by atoms with Crippen molar-refractivity contribution in [3.8, 4) is 11.5 Å². The molecule has 176 valence electrons. The van der Waals surface area contributed by atoms with Crippen LogP contribution in [0.4, 0.5) is 0 Å². The van der Waals surface area contributed by atoms with Gasteiger partial charge in [0.2, 0.25) is 0 Å². The third-order valence-electron chi connectivity index (χ3n) is 5.79. The minimum Gasteiger partial charge on any atom is -0.493 e. The Bertz CT molecular complexity index is 1620. The monoisotopic (exact) mass is 474 g/mol. The Morgan fingerprint density at radius 2 is 1.50 bits per heavy atom. The highest BCUT2D eigenvalue weighted by molar-refractivity contribution is 6.05. The van der Waals surface area contributed by atoms with Crippen LogP contribution in [0.5, 0.6) is 11.5 Å². The molecule has 0 spiro atoms. The Kier molecular flexibility index (Phi) is 6.40. The summed E-state index contributed by atoms with van der Waals surface area (Å²) < 4.78 is 11.1. The molecular formula is C30H22N2O4. The van der Waals surface area contributed by atoms with Gasteiger partial charge in [0, 0.05) is 5.56 Å². The highest BCUT2D eigenvalue weighted by Crippen LogP contribution is 2.29. The van der Waals surface area contributed by atoms with E-state index in [0.29, 0.717) is 22.4 Å². The lowest BCUT2D eigenvalue weighted by molar-refractivity contribution is 0.0731. The Morgan fingerprint density at radius 3 is 2.33 bits per heavy atom. The molecule has 5 rings (SSSR count). The molecule has 1 amide bonds. The van der Waals surface area contributed by atoms with E-state index in [1.807, 2.05) is 72.8 Å². The molecule has 0 saturated carbocycles. The molecular weight excluding hydrogens is 452 g/mol. The fourth-order valence-electron chi connectivity index (χ4n) is 3.97. The Hall–Kier alpha value is -4.97. The first-order valence-corrected chi connectivity index (χ1v) is 11.3. The van der Waals surface area contributed by atoms with Gasteiger partial charge in [-0.2, -0.15) is 5.10 Å². The van der Waals surface area contributed by atoms with Gasteiger partial charge < -0.3 is 9.47 Å². The zero-order chi connectivity index (χ0) is 24.9. The van der Waals surface area contributed by atoms with Crippen molar-refractivity contribution in [2.75, 3.05) is 7.11 Å². The highest BCUT2D eigenvalue weighted by atomic mass is 16.6. The first-order chi connectivity index (χ1) is 17.6. The van der Waals surface area contributed by atoms with Gasteiger partial charge in [0.1, 0.15) is 0 Å². The third kappa shape index (κ3) is 4.79. The molecule has 0 radical (unpaired) electrons. The van der Waals surface area contributed by atoms with Gasteiger partial charge in [-0.1, -0.05) is 66.7 Å². The molecule has 1 N–H and O–H groups in total. The number of fused-ring (bicyclic) bond motifs is 2. The summed E-state index contributed by atoms with van der Waals surface area (Å²) in [7, 11) is 1.50. The number of hydrogen-bond acceptors (Lipinski definition) is 5. The zero-order valence-corrected chi connectivity index (χ0v) is 19.5. The molecule has 0 unspecified atom stereocenters. The summed E-state index contributed by atoms with van der Waals surface area (Å²) in [4.78, 5) is 25.5. The summed E-state index contributed by atoms with van der Waals surface area (Å²) in [6.45, 7) is 0. The maximum Gasteiger partial charge on any atom is 0.344 e. The van der Waals surface area contributed by atoms with Crippen LogP contribution in [0, 0.1) is 0 Å². The highest BCUT2D eigenvalue weighted by Gasteiger charge is 2.15. The number of amides is 1. The van der Waals surface area contributed by atoms with E-state index in [1.165, 1.54) is 13.3 Å². The average molecular weight is 475 g/mol. The molecule has 6 nitrogen and oxygen atoms in total. The van der Waals surface area contributed by atoms with Crippen molar-refractivity contribution >= 4 is 39.6 Å². The average Bonchev–Trinajstić information content (AvgIpc) is 2.92. The second-order valence-electron chi connectivity index (χ2n) is 8.09. The molecule has 0 fully saturated rings. The van der Waals surface area contributed by atoms with Gasteiger partial charge in [-0.25, -0.2) is 10.2 Å². The van der Waals surface area contributed by atoms with Crippen molar-refractivity contribution in [1.29, 1.82) is 0 Å². The predicted molar refractivity (Wildman–Crippen MR) is 141 cm³/mol.